The molecule has 0 rings (SSSR count). The van der Waals surface area contributed by atoms with Crippen LogP contribution in [-0.2, 0) is 19.5 Å². The molecule has 0 amide bonds. The molecular weight excluding hydrogens is 355 g/mol. The molecule has 0 fully saturated rings. The van der Waals surface area contributed by atoms with Crippen molar-refractivity contribution < 1.29 is 19.5 Å². The van der Waals surface area contributed by atoms with E-state index in [9.17, 15) is 0 Å². The topological polar surface area (TPSA) is 0 Å². The molecule has 1 radical (unpaired) electrons. The van der Waals surface area contributed by atoms with E-state index in [1.165, 1.54) is 0 Å². The van der Waals surface area contributed by atoms with Gasteiger partial charge < -0.3 is 0 Å². The molecule has 0 aliphatic rings. The molecule has 8 heteroatoms. The molecule has 0 unspecified atom stereocenters. The largest absolute Gasteiger partial charge is 0 e. The van der Waals surface area contributed by atoms with Crippen molar-refractivity contribution in [2.45, 2.75) is 0 Å². The van der Waals surface area contributed by atoms with Crippen LogP contribution in [-0.4, -0.2) is 51.4 Å². The Balaban J connectivity index is 0. The van der Waals surface area contributed by atoms with Crippen LogP contribution in [0.1, 0.15) is 0 Å². The second-order valence-electron chi connectivity index (χ2n) is 0. The summed E-state index contributed by atoms with van der Waals surface area (Å²) in [7, 11) is 0. The molecule has 0 spiro atoms. The van der Waals surface area contributed by atoms with Gasteiger partial charge in [-0.2, -0.15) is 0 Å². The molecule has 0 saturated heterocycles. The fraction of sp³-hybridized carbons (Fsp3) is 0. The Kier molecular flexibility index (Phi) is 780. The zero-order valence-electron chi connectivity index (χ0n) is 2.78. The Morgan fingerprint density at radius 1 is 0.375 bits per heavy atom. The third-order valence-corrected chi connectivity index (χ3v) is 0. The summed E-state index contributed by atoms with van der Waals surface area (Å²) in [5.74, 6) is 0. The minimum Gasteiger partial charge on any atom is 0 e. The molecule has 0 aliphatic heterocycles. The first-order valence-corrected chi connectivity index (χ1v) is 0. The van der Waals surface area contributed by atoms with E-state index in [4.69, 9.17) is 0 Å². The van der Waals surface area contributed by atoms with Crippen molar-refractivity contribution >= 4 is 126 Å². The van der Waals surface area contributed by atoms with Crippen LogP contribution in [0.2, 0.25) is 0 Å². The van der Waals surface area contributed by atoms with Gasteiger partial charge in [0.25, 0.3) is 0 Å². The van der Waals surface area contributed by atoms with Crippen LogP contribution in [0, 0.1) is 0 Å². The van der Waals surface area contributed by atoms with Crippen LogP contribution >= 0.6 is 74.4 Å². The summed E-state index contributed by atoms with van der Waals surface area (Å²) >= 11 is 0. The standard InChI is InChI=1S/6ClH.K.Rh.H/h6*1H;;;. The average molecular weight is 362 g/mol. The van der Waals surface area contributed by atoms with Crippen molar-refractivity contribution in [3.8, 4) is 0 Å². The van der Waals surface area contributed by atoms with Crippen molar-refractivity contribution in [1.29, 1.82) is 0 Å². The van der Waals surface area contributed by atoms with Gasteiger partial charge >= 0.3 is 51.4 Å². The first-order valence-electron chi connectivity index (χ1n) is 0. The number of halogens is 6. The van der Waals surface area contributed by atoms with Gasteiger partial charge in [0.05, 0.1) is 0 Å². The molecule has 0 saturated carbocycles. The molecule has 0 aromatic heterocycles. The molecule has 0 atom stereocenters. The summed E-state index contributed by atoms with van der Waals surface area (Å²) in [6.07, 6.45) is 0. The summed E-state index contributed by atoms with van der Waals surface area (Å²) in [5.41, 5.74) is 0. The van der Waals surface area contributed by atoms with Crippen molar-refractivity contribution in [3.63, 3.8) is 0 Å². The predicted octanol–water partition coefficient (Wildman–Crippen LogP) is 1.88. The summed E-state index contributed by atoms with van der Waals surface area (Å²) in [6, 6.07) is 0. The zero-order valence-corrected chi connectivity index (χ0v) is 9.32. The van der Waals surface area contributed by atoms with Crippen LogP contribution in [0.5, 0.6) is 0 Å². The van der Waals surface area contributed by atoms with E-state index >= 15 is 0 Å². The van der Waals surface area contributed by atoms with Crippen molar-refractivity contribution in [2.75, 3.05) is 0 Å². The van der Waals surface area contributed by atoms with Crippen molar-refractivity contribution in [1.82, 2.24) is 0 Å². The molecule has 0 bridgehead atoms. The Morgan fingerprint density at radius 3 is 0.375 bits per heavy atom. The predicted molar refractivity (Wildman–Crippen MR) is 50.6 cm³/mol. The van der Waals surface area contributed by atoms with Gasteiger partial charge in [0.2, 0.25) is 0 Å². The summed E-state index contributed by atoms with van der Waals surface area (Å²) in [6.45, 7) is 0. The molecule has 0 heterocycles. The van der Waals surface area contributed by atoms with Gasteiger partial charge in [-0.3, -0.25) is 0 Å². The van der Waals surface area contributed by atoms with Crippen LogP contribution in [0.4, 0.5) is 0 Å². The maximum atomic E-state index is 0. The third-order valence-electron chi connectivity index (χ3n) is 0. The van der Waals surface area contributed by atoms with Gasteiger partial charge in [-0.15, -0.1) is 74.4 Å². The van der Waals surface area contributed by atoms with E-state index in [1.807, 2.05) is 0 Å². The third kappa shape index (κ3) is 50.6. The molecule has 0 aromatic rings. The maximum absolute atomic E-state index is 0. The van der Waals surface area contributed by atoms with Gasteiger partial charge in [0.1, 0.15) is 0 Å². The van der Waals surface area contributed by atoms with Crippen LogP contribution in [0.3, 0.4) is 0 Å². The quantitative estimate of drug-likeness (QED) is 0.578. The fourth-order valence-corrected chi connectivity index (χ4v) is 0. The average Bonchev–Trinajstić information content (AvgIpc) is 0. The first kappa shape index (κ1) is 90.8. The number of hydrogen-bond donors (Lipinski definition) is 0. The monoisotopic (exact) mass is 359 g/mol. The first-order chi connectivity index (χ1) is 0. The number of hydrogen-bond acceptors (Lipinski definition) is 0. The van der Waals surface area contributed by atoms with E-state index in [2.05, 4.69) is 0 Å². The van der Waals surface area contributed by atoms with Gasteiger partial charge in [-0.25, -0.2) is 0 Å². The Labute approximate surface area is 142 Å². The van der Waals surface area contributed by atoms with Crippen LogP contribution < -0.4 is 0 Å². The van der Waals surface area contributed by atoms with E-state index < -0.39 is 0 Å². The molecule has 0 nitrogen and oxygen atoms in total. The van der Waals surface area contributed by atoms with Gasteiger partial charge in [0.15, 0.2) is 0 Å². The van der Waals surface area contributed by atoms with Crippen LogP contribution in [0.25, 0.3) is 0 Å². The van der Waals surface area contributed by atoms with Gasteiger partial charge in [-0.1, -0.05) is 0 Å². The van der Waals surface area contributed by atoms with Crippen LogP contribution in [0.15, 0.2) is 0 Å². The maximum Gasteiger partial charge on any atom is 0 e. The molecule has 0 aromatic carbocycles. The zero-order chi connectivity index (χ0) is 0. The SMILES string of the molecule is Cl.Cl.Cl.Cl.Cl.Cl.[KH].[Rh]. The van der Waals surface area contributed by atoms with Gasteiger partial charge in [0, 0.05) is 19.5 Å². The van der Waals surface area contributed by atoms with Gasteiger partial charge in [-0.05, 0) is 0 Å². The molecule has 0 N–H and O–H groups in total. The summed E-state index contributed by atoms with van der Waals surface area (Å²) in [4.78, 5) is 0. The smallest absolute Gasteiger partial charge is 0 e. The molecule has 8 heavy (non-hydrogen) atoms. The minimum atomic E-state index is 0. The Morgan fingerprint density at radius 2 is 0.375 bits per heavy atom. The van der Waals surface area contributed by atoms with E-state index in [-0.39, 0.29) is 145 Å². The fourth-order valence-electron chi connectivity index (χ4n) is 0. The van der Waals surface area contributed by atoms with Crippen molar-refractivity contribution in [3.05, 3.63) is 0 Å². The minimum absolute atomic E-state index is 0. The second kappa shape index (κ2) is 68.8. The normalized spacial score (nSPS) is 0. The molecule has 59 valence electrons. The van der Waals surface area contributed by atoms with E-state index in [0.29, 0.717) is 0 Å². The summed E-state index contributed by atoms with van der Waals surface area (Å²) < 4.78 is 0. The summed E-state index contributed by atoms with van der Waals surface area (Å²) in [5, 5.41) is 0. The van der Waals surface area contributed by atoms with E-state index in [1.54, 1.807) is 0 Å². The molecule has 0 aliphatic carbocycles. The molecular formula is H7Cl6KRh. The number of rotatable bonds is 0. The van der Waals surface area contributed by atoms with E-state index in [0.717, 1.165) is 0 Å². The van der Waals surface area contributed by atoms with Crippen molar-refractivity contribution in [2.24, 2.45) is 0 Å². The Bertz CT molecular complexity index is 8.49. The second-order valence-corrected chi connectivity index (χ2v) is 0. The Hall–Kier alpha value is 4.00.